The number of esters is 1. The van der Waals surface area contributed by atoms with Crippen LogP contribution in [0.1, 0.15) is 34.3 Å². The highest BCUT2D eigenvalue weighted by atomic mass is 79.9. The molecular weight excluding hydrogens is 398 g/mol. The van der Waals surface area contributed by atoms with Gasteiger partial charge in [-0.1, -0.05) is 52.3 Å². The van der Waals surface area contributed by atoms with Crippen molar-refractivity contribution < 1.29 is 19.1 Å². The van der Waals surface area contributed by atoms with Crippen LogP contribution in [-0.2, 0) is 20.9 Å². The third-order valence-electron chi connectivity index (χ3n) is 3.82. The Morgan fingerprint density at radius 3 is 2.38 bits per heavy atom. The number of hydrogen-bond acceptors (Lipinski definition) is 4. The van der Waals surface area contributed by atoms with Gasteiger partial charge in [0.2, 0.25) is 0 Å². The lowest BCUT2D eigenvalue weighted by atomic mass is 10.1. The third kappa shape index (κ3) is 6.44. The number of carbonyl (C=O) groups is 3. The van der Waals surface area contributed by atoms with Gasteiger partial charge in [-0.25, -0.2) is 0 Å². The van der Waals surface area contributed by atoms with Crippen LogP contribution in [0.15, 0.2) is 53.0 Å². The van der Waals surface area contributed by atoms with Gasteiger partial charge in [0.1, 0.15) is 0 Å². The van der Waals surface area contributed by atoms with Crippen LogP contribution in [0.25, 0.3) is 0 Å². The second-order valence-corrected chi connectivity index (χ2v) is 6.71. The molecule has 0 aromatic heterocycles. The lowest BCUT2D eigenvalue weighted by Crippen LogP contribution is -2.28. The molecule has 0 unspecified atom stereocenters. The normalized spacial score (nSPS) is 10.2. The highest BCUT2D eigenvalue weighted by Crippen LogP contribution is 2.12. The molecule has 2 aromatic rings. The summed E-state index contributed by atoms with van der Waals surface area (Å²) in [6.45, 7) is 1.99. The fourth-order valence-corrected chi connectivity index (χ4v) is 2.53. The van der Waals surface area contributed by atoms with Gasteiger partial charge >= 0.3 is 5.97 Å². The first-order valence-electron chi connectivity index (χ1n) is 8.21. The number of halogens is 1. The number of ether oxygens (including phenoxy) is 1. The molecule has 2 aromatic carbocycles. The van der Waals surface area contributed by atoms with Crippen molar-refractivity contribution in [3.05, 3.63) is 69.7 Å². The van der Waals surface area contributed by atoms with E-state index in [0.29, 0.717) is 12.1 Å². The summed E-state index contributed by atoms with van der Waals surface area (Å²) in [5, 5.41) is 2.70. The lowest BCUT2D eigenvalue weighted by Gasteiger charge is -2.08. The van der Waals surface area contributed by atoms with Crippen molar-refractivity contribution in [2.24, 2.45) is 0 Å². The predicted molar refractivity (Wildman–Crippen MR) is 102 cm³/mol. The SMILES string of the molecule is Cc1ccccc1CNC(=O)COC(=O)CCC(=O)c1ccc(Br)cc1. The topological polar surface area (TPSA) is 72.5 Å². The minimum atomic E-state index is -0.568. The summed E-state index contributed by atoms with van der Waals surface area (Å²) in [5.74, 6) is -1.08. The lowest BCUT2D eigenvalue weighted by molar-refractivity contribution is -0.148. The van der Waals surface area contributed by atoms with Gasteiger partial charge in [-0.05, 0) is 30.2 Å². The van der Waals surface area contributed by atoms with Gasteiger partial charge in [0.25, 0.3) is 5.91 Å². The second-order valence-electron chi connectivity index (χ2n) is 5.79. The Labute approximate surface area is 160 Å². The summed E-state index contributed by atoms with van der Waals surface area (Å²) in [6, 6.07) is 14.6. The van der Waals surface area contributed by atoms with Crippen molar-refractivity contribution in [2.45, 2.75) is 26.3 Å². The maximum atomic E-state index is 12.0. The molecule has 0 atom stereocenters. The Morgan fingerprint density at radius 1 is 1.00 bits per heavy atom. The van der Waals surface area contributed by atoms with Crippen molar-refractivity contribution >= 4 is 33.6 Å². The van der Waals surface area contributed by atoms with E-state index in [0.717, 1.165) is 15.6 Å². The Morgan fingerprint density at radius 2 is 1.69 bits per heavy atom. The molecule has 0 saturated carbocycles. The number of aryl methyl sites for hydroxylation is 1. The molecule has 2 rings (SSSR count). The van der Waals surface area contributed by atoms with E-state index >= 15 is 0 Å². The van der Waals surface area contributed by atoms with Crippen LogP contribution in [-0.4, -0.2) is 24.3 Å². The first-order valence-corrected chi connectivity index (χ1v) is 9.00. The molecule has 6 heteroatoms. The summed E-state index contributed by atoms with van der Waals surface area (Å²) >= 11 is 3.30. The van der Waals surface area contributed by atoms with E-state index in [1.807, 2.05) is 31.2 Å². The van der Waals surface area contributed by atoms with Gasteiger partial charge in [0, 0.05) is 23.0 Å². The van der Waals surface area contributed by atoms with Crippen molar-refractivity contribution in [3.63, 3.8) is 0 Å². The summed E-state index contributed by atoms with van der Waals surface area (Å²) in [6.07, 6.45) is -0.00867. The molecule has 1 amide bonds. The van der Waals surface area contributed by atoms with E-state index in [2.05, 4.69) is 21.2 Å². The van der Waals surface area contributed by atoms with Gasteiger partial charge < -0.3 is 10.1 Å². The molecule has 0 saturated heterocycles. The number of ketones is 1. The summed E-state index contributed by atoms with van der Waals surface area (Å²) in [4.78, 5) is 35.5. The average molecular weight is 418 g/mol. The molecule has 26 heavy (non-hydrogen) atoms. The van der Waals surface area contributed by atoms with Gasteiger partial charge in [0.05, 0.1) is 6.42 Å². The molecule has 0 spiro atoms. The zero-order valence-electron chi connectivity index (χ0n) is 14.5. The van der Waals surface area contributed by atoms with Crippen LogP contribution in [0.3, 0.4) is 0 Å². The first-order chi connectivity index (χ1) is 12.5. The van der Waals surface area contributed by atoms with Crippen LogP contribution in [0, 0.1) is 6.92 Å². The second kappa shape index (κ2) is 9.87. The van der Waals surface area contributed by atoms with E-state index in [4.69, 9.17) is 4.74 Å². The monoisotopic (exact) mass is 417 g/mol. The number of hydrogen-bond donors (Lipinski definition) is 1. The van der Waals surface area contributed by atoms with Gasteiger partial charge in [-0.2, -0.15) is 0 Å². The number of Topliss-reactive ketones (excluding diaryl/α,β-unsaturated/α-hetero) is 1. The van der Waals surface area contributed by atoms with Crippen LogP contribution in [0.2, 0.25) is 0 Å². The molecule has 136 valence electrons. The molecule has 0 aliphatic heterocycles. The van der Waals surface area contributed by atoms with Crippen LogP contribution in [0.4, 0.5) is 0 Å². The Balaban J connectivity index is 1.68. The maximum absolute atomic E-state index is 12.0. The maximum Gasteiger partial charge on any atom is 0.306 e. The molecule has 0 fully saturated rings. The molecular formula is C20H20BrNO4. The Kier molecular flexibility index (Phi) is 7.53. The highest BCUT2D eigenvalue weighted by molar-refractivity contribution is 9.10. The zero-order chi connectivity index (χ0) is 18.9. The largest absolute Gasteiger partial charge is 0.456 e. The van der Waals surface area contributed by atoms with E-state index in [9.17, 15) is 14.4 Å². The highest BCUT2D eigenvalue weighted by Gasteiger charge is 2.12. The van der Waals surface area contributed by atoms with Crippen LogP contribution >= 0.6 is 15.9 Å². The number of rotatable bonds is 8. The van der Waals surface area contributed by atoms with Crippen LogP contribution in [0.5, 0.6) is 0 Å². The third-order valence-corrected chi connectivity index (χ3v) is 4.35. The summed E-state index contributed by atoms with van der Waals surface area (Å²) in [7, 11) is 0. The minimum absolute atomic E-state index is 0.0469. The number of nitrogens with one attached hydrogen (secondary N) is 1. The molecule has 1 N–H and O–H groups in total. The standard InChI is InChI=1S/C20H20BrNO4/c1-14-4-2-3-5-16(14)12-22-19(24)13-26-20(25)11-10-18(23)15-6-8-17(21)9-7-15/h2-9H,10-13H2,1H3,(H,22,24). The molecule has 5 nitrogen and oxygen atoms in total. The molecule has 0 aliphatic carbocycles. The van der Waals surface area contributed by atoms with E-state index in [-0.39, 0.29) is 31.1 Å². The van der Waals surface area contributed by atoms with E-state index < -0.39 is 5.97 Å². The van der Waals surface area contributed by atoms with Crippen molar-refractivity contribution in [2.75, 3.05) is 6.61 Å². The average Bonchev–Trinajstić information content (AvgIpc) is 2.64. The van der Waals surface area contributed by atoms with Gasteiger partial charge in [-0.15, -0.1) is 0 Å². The van der Waals surface area contributed by atoms with Gasteiger partial charge in [0.15, 0.2) is 12.4 Å². The summed E-state index contributed by atoms with van der Waals surface area (Å²) < 4.78 is 5.80. The molecule has 0 heterocycles. The fourth-order valence-electron chi connectivity index (χ4n) is 2.27. The number of amides is 1. The zero-order valence-corrected chi connectivity index (χ0v) is 16.0. The van der Waals surface area contributed by atoms with E-state index in [1.54, 1.807) is 24.3 Å². The fraction of sp³-hybridized carbons (Fsp3) is 0.250. The van der Waals surface area contributed by atoms with Crippen LogP contribution < -0.4 is 5.32 Å². The van der Waals surface area contributed by atoms with Crippen molar-refractivity contribution in [1.29, 1.82) is 0 Å². The number of carbonyl (C=O) groups excluding carboxylic acids is 3. The van der Waals surface area contributed by atoms with Gasteiger partial charge in [-0.3, -0.25) is 14.4 Å². The van der Waals surface area contributed by atoms with E-state index in [1.165, 1.54) is 0 Å². The number of benzene rings is 2. The Hall–Kier alpha value is -2.47. The molecule has 0 radical (unpaired) electrons. The molecule has 0 aliphatic rings. The Bertz CT molecular complexity index is 787. The predicted octanol–water partition coefficient (Wildman–Crippen LogP) is 3.58. The smallest absolute Gasteiger partial charge is 0.306 e. The quantitative estimate of drug-likeness (QED) is 0.526. The van der Waals surface area contributed by atoms with Crippen molar-refractivity contribution in [3.8, 4) is 0 Å². The first kappa shape index (κ1) is 19.8. The van der Waals surface area contributed by atoms with Crippen molar-refractivity contribution in [1.82, 2.24) is 5.32 Å². The summed E-state index contributed by atoms with van der Waals surface area (Å²) in [5.41, 5.74) is 2.63. The minimum Gasteiger partial charge on any atom is -0.456 e. The molecule has 0 bridgehead atoms.